The lowest BCUT2D eigenvalue weighted by Crippen LogP contribution is -2.02. The number of fused-ring (bicyclic) bond motifs is 1. The number of hydrogen-bond donors (Lipinski definition) is 0. The van der Waals surface area contributed by atoms with Gasteiger partial charge in [0.1, 0.15) is 11.6 Å². The van der Waals surface area contributed by atoms with Crippen molar-refractivity contribution in [2.24, 2.45) is 0 Å². The maximum atomic E-state index is 13.8. The number of aromatic nitrogens is 2. The van der Waals surface area contributed by atoms with Crippen LogP contribution in [-0.4, -0.2) is 9.55 Å². The summed E-state index contributed by atoms with van der Waals surface area (Å²) in [4.78, 5) is 4.66. The van der Waals surface area contributed by atoms with Crippen LogP contribution in [0.1, 0.15) is 16.9 Å². The van der Waals surface area contributed by atoms with Crippen molar-refractivity contribution in [1.82, 2.24) is 9.55 Å². The van der Waals surface area contributed by atoms with Crippen molar-refractivity contribution in [2.75, 3.05) is 0 Å². The zero-order valence-corrected chi connectivity index (χ0v) is 13.6. The molecule has 0 spiro atoms. The van der Waals surface area contributed by atoms with Crippen molar-refractivity contribution in [3.63, 3.8) is 0 Å². The summed E-state index contributed by atoms with van der Waals surface area (Å²) in [7, 11) is 0. The van der Waals surface area contributed by atoms with Crippen molar-refractivity contribution in [3.8, 4) is 11.6 Å². The molecule has 120 valence electrons. The Balaban J connectivity index is 1.91. The zero-order valence-electron chi connectivity index (χ0n) is 13.6. The van der Waals surface area contributed by atoms with Crippen LogP contribution < -0.4 is 0 Å². The molecular formula is C20H17FN2O. The minimum absolute atomic E-state index is 0.268. The average molecular weight is 320 g/mol. The summed E-state index contributed by atoms with van der Waals surface area (Å²) in [5, 5.41) is 0. The molecule has 0 aliphatic rings. The molecule has 4 heteroatoms. The van der Waals surface area contributed by atoms with Gasteiger partial charge in [0.15, 0.2) is 11.6 Å². The molecule has 0 bridgehead atoms. The van der Waals surface area contributed by atoms with Gasteiger partial charge in [-0.1, -0.05) is 29.8 Å². The summed E-state index contributed by atoms with van der Waals surface area (Å²) in [6.07, 6.45) is 0. The van der Waals surface area contributed by atoms with E-state index >= 15 is 0 Å². The van der Waals surface area contributed by atoms with Gasteiger partial charge in [0, 0.05) is 6.54 Å². The lowest BCUT2D eigenvalue weighted by atomic mass is 10.1. The number of hydrogen-bond acceptors (Lipinski definition) is 2. The third kappa shape index (κ3) is 2.60. The van der Waals surface area contributed by atoms with Gasteiger partial charge >= 0.3 is 0 Å². The standard InChI is InChI=1S/C20H17FN2O/c1-13-4-3-5-15(10-13)12-23-18-11-16(21)7-8-17(18)22-20(23)19-9-6-14(2)24-19/h3-11H,12H2,1-2H3. The van der Waals surface area contributed by atoms with Gasteiger partial charge in [0.25, 0.3) is 0 Å². The van der Waals surface area contributed by atoms with E-state index in [-0.39, 0.29) is 5.82 Å². The third-order valence-corrected chi connectivity index (χ3v) is 4.09. The van der Waals surface area contributed by atoms with Crippen LogP contribution in [0.3, 0.4) is 0 Å². The minimum atomic E-state index is -0.268. The normalized spacial score (nSPS) is 11.3. The molecule has 0 aliphatic heterocycles. The molecule has 0 N–H and O–H groups in total. The Bertz CT molecular complexity index is 1030. The van der Waals surface area contributed by atoms with Crippen LogP contribution in [-0.2, 0) is 6.54 Å². The van der Waals surface area contributed by atoms with Crippen LogP contribution in [0, 0.1) is 19.7 Å². The number of imidazole rings is 1. The molecule has 0 amide bonds. The molecule has 0 aliphatic carbocycles. The molecule has 3 nitrogen and oxygen atoms in total. The van der Waals surface area contributed by atoms with Gasteiger partial charge in [-0.15, -0.1) is 0 Å². The monoisotopic (exact) mass is 320 g/mol. The Labute approximate surface area is 139 Å². The molecule has 0 saturated carbocycles. The Morgan fingerprint density at radius 3 is 2.67 bits per heavy atom. The molecule has 4 rings (SSSR count). The second-order valence-electron chi connectivity index (χ2n) is 6.05. The Kier molecular flexibility index (Phi) is 3.45. The van der Waals surface area contributed by atoms with Gasteiger partial charge < -0.3 is 8.98 Å². The fourth-order valence-electron chi connectivity index (χ4n) is 2.99. The van der Waals surface area contributed by atoms with E-state index in [2.05, 4.69) is 30.1 Å². The fraction of sp³-hybridized carbons (Fsp3) is 0.150. The van der Waals surface area contributed by atoms with Gasteiger partial charge in [-0.25, -0.2) is 9.37 Å². The van der Waals surface area contributed by atoms with E-state index in [1.165, 1.54) is 17.7 Å². The molecule has 2 aromatic heterocycles. The number of rotatable bonds is 3. The number of nitrogens with zero attached hydrogens (tertiary/aromatic N) is 2. The maximum absolute atomic E-state index is 13.8. The molecule has 0 saturated heterocycles. The van der Waals surface area contributed by atoms with Crippen molar-refractivity contribution in [2.45, 2.75) is 20.4 Å². The summed E-state index contributed by atoms with van der Waals surface area (Å²) >= 11 is 0. The van der Waals surface area contributed by atoms with E-state index in [0.29, 0.717) is 18.1 Å². The highest BCUT2D eigenvalue weighted by molar-refractivity contribution is 5.80. The van der Waals surface area contributed by atoms with Crippen molar-refractivity contribution >= 4 is 11.0 Å². The van der Waals surface area contributed by atoms with E-state index in [1.807, 2.05) is 29.7 Å². The molecular weight excluding hydrogens is 303 g/mol. The van der Waals surface area contributed by atoms with E-state index in [1.54, 1.807) is 6.07 Å². The van der Waals surface area contributed by atoms with Crippen LogP contribution in [0.2, 0.25) is 0 Å². The van der Waals surface area contributed by atoms with Crippen molar-refractivity contribution < 1.29 is 8.81 Å². The number of halogens is 1. The first kappa shape index (κ1) is 14.7. The summed E-state index contributed by atoms with van der Waals surface area (Å²) in [5.41, 5.74) is 3.86. The topological polar surface area (TPSA) is 31.0 Å². The SMILES string of the molecule is Cc1cccc(Cn2c(-c3ccc(C)o3)nc3ccc(F)cc32)c1. The van der Waals surface area contributed by atoms with Crippen molar-refractivity contribution in [3.05, 3.63) is 77.3 Å². The largest absolute Gasteiger partial charge is 0.458 e. The maximum Gasteiger partial charge on any atom is 0.177 e. The molecule has 0 fully saturated rings. The summed E-state index contributed by atoms with van der Waals surface area (Å²) < 4.78 is 21.5. The lowest BCUT2D eigenvalue weighted by Gasteiger charge is -2.09. The average Bonchev–Trinajstić information content (AvgIpc) is 3.12. The lowest BCUT2D eigenvalue weighted by molar-refractivity contribution is 0.540. The summed E-state index contributed by atoms with van der Waals surface area (Å²) in [6, 6.07) is 16.8. The van der Waals surface area contributed by atoms with Gasteiger partial charge in [-0.05, 0) is 49.7 Å². The molecule has 2 aromatic carbocycles. The van der Waals surface area contributed by atoms with Crippen LogP contribution in [0.15, 0.2) is 59.0 Å². The second kappa shape index (κ2) is 5.64. The highest BCUT2D eigenvalue weighted by Gasteiger charge is 2.16. The number of aryl methyl sites for hydroxylation is 2. The Morgan fingerprint density at radius 2 is 1.92 bits per heavy atom. The fourth-order valence-corrected chi connectivity index (χ4v) is 2.99. The summed E-state index contributed by atoms with van der Waals surface area (Å²) in [5.74, 6) is 1.96. The van der Waals surface area contributed by atoms with Crippen LogP contribution in [0.5, 0.6) is 0 Å². The first-order valence-electron chi connectivity index (χ1n) is 7.88. The Hall–Kier alpha value is -2.88. The van der Waals surface area contributed by atoms with Crippen molar-refractivity contribution in [1.29, 1.82) is 0 Å². The minimum Gasteiger partial charge on any atom is -0.458 e. The quantitative estimate of drug-likeness (QED) is 0.526. The smallest absolute Gasteiger partial charge is 0.177 e. The first-order chi connectivity index (χ1) is 11.6. The van der Waals surface area contributed by atoms with Crippen LogP contribution >= 0.6 is 0 Å². The van der Waals surface area contributed by atoms with Gasteiger partial charge in [-0.3, -0.25) is 0 Å². The third-order valence-electron chi connectivity index (χ3n) is 4.09. The highest BCUT2D eigenvalue weighted by Crippen LogP contribution is 2.28. The molecule has 0 radical (unpaired) electrons. The second-order valence-corrected chi connectivity index (χ2v) is 6.05. The van der Waals surface area contributed by atoms with E-state index in [9.17, 15) is 4.39 Å². The molecule has 2 heterocycles. The molecule has 0 unspecified atom stereocenters. The molecule has 24 heavy (non-hydrogen) atoms. The molecule has 0 atom stereocenters. The van der Waals surface area contributed by atoms with Gasteiger partial charge in [0.2, 0.25) is 0 Å². The van der Waals surface area contributed by atoms with E-state index in [0.717, 1.165) is 22.4 Å². The number of furan rings is 1. The zero-order chi connectivity index (χ0) is 16.7. The van der Waals surface area contributed by atoms with Gasteiger partial charge in [0.05, 0.1) is 11.0 Å². The number of benzene rings is 2. The van der Waals surface area contributed by atoms with E-state index in [4.69, 9.17) is 4.42 Å². The predicted molar refractivity (Wildman–Crippen MR) is 92.4 cm³/mol. The Morgan fingerprint density at radius 1 is 1.04 bits per heavy atom. The highest BCUT2D eigenvalue weighted by atomic mass is 19.1. The van der Waals surface area contributed by atoms with Gasteiger partial charge in [-0.2, -0.15) is 0 Å². The van der Waals surface area contributed by atoms with E-state index < -0.39 is 0 Å². The summed E-state index contributed by atoms with van der Waals surface area (Å²) in [6.45, 7) is 4.57. The predicted octanol–water partition coefficient (Wildman–Crippen LogP) is 5.10. The molecule has 4 aromatic rings. The first-order valence-corrected chi connectivity index (χ1v) is 7.88. The van der Waals surface area contributed by atoms with Crippen LogP contribution in [0.4, 0.5) is 4.39 Å². The van der Waals surface area contributed by atoms with Crippen LogP contribution in [0.25, 0.3) is 22.6 Å².